The van der Waals surface area contributed by atoms with Crippen LogP contribution < -0.4 is 5.73 Å². The number of anilines is 1. The fraction of sp³-hybridized carbons (Fsp3) is 0.583. The van der Waals surface area contributed by atoms with Gasteiger partial charge in [0.15, 0.2) is 14.9 Å². The van der Waals surface area contributed by atoms with E-state index in [9.17, 15) is 8.42 Å². The van der Waals surface area contributed by atoms with Crippen molar-refractivity contribution in [1.82, 2.24) is 4.98 Å². The van der Waals surface area contributed by atoms with Crippen molar-refractivity contribution in [1.29, 1.82) is 0 Å². The lowest BCUT2D eigenvalue weighted by molar-refractivity contribution is -0.00528. The van der Waals surface area contributed by atoms with E-state index >= 15 is 0 Å². The standard InChI is InChI=1S/C12H18N2O3S/c1-12(2)6-5-9(17-12)8-18(15,16)11-10(13)4-3-7-14-11/h3-4,7,9H,5-6,8,13H2,1-2H3. The molecule has 1 saturated heterocycles. The summed E-state index contributed by atoms with van der Waals surface area (Å²) in [7, 11) is -3.49. The van der Waals surface area contributed by atoms with E-state index in [0.717, 1.165) is 12.8 Å². The number of nitrogen functional groups attached to an aromatic ring is 1. The van der Waals surface area contributed by atoms with Gasteiger partial charge in [-0.3, -0.25) is 0 Å². The zero-order chi connectivity index (χ0) is 13.4. The van der Waals surface area contributed by atoms with Gasteiger partial charge < -0.3 is 10.5 Å². The summed E-state index contributed by atoms with van der Waals surface area (Å²) in [6.45, 7) is 3.93. The highest BCUT2D eigenvalue weighted by molar-refractivity contribution is 7.91. The molecule has 2 rings (SSSR count). The summed E-state index contributed by atoms with van der Waals surface area (Å²) >= 11 is 0. The number of pyridine rings is 1. The third kappa shape index (κ3) is 2.81. The number of hydrogen-bond donors (Lipinski definition) is 1. The van der Waals surface area contributed by atoms with Crippen molar-refractivity contribution in [3.05, 3.63) is 18.3 Å². The van der Waals surface area contributed by atoms with Crippen LogP contribution in [0.4, 0.5) is 5.69 Å². The Labute approximate surface area is 107 Å². The molecule has 5 nitrogen and oxygen atoms in total. The van der Waals surface area contributed by atoms with E-state index in [1.807, 2.05) is 13.8 Å². The van der Waals surface area contributed by atoms with E-state index in [1.165, 1.54) is 6.20 Å². The van der Waals surface area contributed by atoms with Crippen LogP contribution >= 0.6 is 0 Å². The lowest BCUT2D eigenvalue weighted by atomic mass is 10.1. The normalized spacial score (nSPS) is 23.1. The Morgan fingerprint density at radius 2 is 2.28 bits per heavy atom. The molecule has 1 atom stereocenters. The van der Waals surface area contributed by atoms with Crippen LogP contribution in [0, 0.1) is 0 Å². The van der Waals surface area contributed by atoms with Gasteiger partial charge in [0.05, 0.1) is 23.1 Å². The molecule has 0 bridgehead atoms. The van der Waals surface area contributed by atoms with Gasteiger partial charge in [-0.15, -0.1) is 0 Å². The Kier molecular flexibility index (Phi) is 3.33. The molecule has 0 aromatic carbocycles. The molecule has 0 radical (unpaired) electrons. The van der Waals surface area contributed by atoms with Gasteiger partial charge in [0.2, 0.25) is 0 Å². The van der Waals surface area contributed by atoms with E-state index in [1.54, 1.807) is 12.1 Å². The zero-order valence-electron chi connectivity index (χ0n) is 10.6. The van der Waals surface area contributed by atoms with Gasteiger partial charge in [0.25, 0.3) is 0 Å². The SMILES string of the molecule is CC1(C)CCC(CS(=O)(=O)c2ncccc2N)O1. The van der Waals surface area contributed by atoms with Crippen molar-refractivity contribution < 1.29 is 13.2 Å². The average Bonchev–Trinajstić information content (AvgIpc) is 2.57. The molecule has 0 spiro atoms. The van der Waals surface area contributed by atoms with Crippen LogP contribution in [0.25, 0.3) is 0 Å². The molecule has 0 aliphatic carbocycles. The highest BCUT2D eigenvalue weighted by atomic mass is 32.2. The molecule has 100 valence electrons. The van der Waals surface area contributed by atoms with Crippen LogP contribution in [0.2, 0.25) is 0 Å². The molecule has 6 heteroatoms. The van der Waals surface area contributed by atoms with E-state index in [4.69, 9.17) is 10.5 Å². The molecule has 1 unspecified atom stereocenters. The average molecular weight is 270 g/mol. The molecule has 1 aromatic rings. The van der Waals surface area contributed by atoms with E-state index in [0.29, 0.717) is 0 Å². The van der Waals surface area contributed by atoms with Crippen LogP contribution in [-0.4, -0.2) is 30.9 Å². The number of nitrogens with two attached hydrogens (primary N) is 1. The fourth-order valence-corrected chi connectivity index (χ4v) is 3.71. The van der Waals surface area contributed by atoms with Gasteiger partial charge in [0.1, 0.15) is 0 Å². The highest BCUT2D eigenvalue weighted by Crippen LogP contribution is 2.31. The summed E-state index contributed by atoms with van der Waals surface area (Å²) in [6.07, 6.45) is 2.78. The van der Waals surface area contributed by atoms with Gasteiger partial charge in [0, 0.05) is 6.20 Å². The smallest absolute Gasteiger partial charge is 0.200 e. The summed E-state index contributed by atoms with van der Waals surface area (Å²) in [4.78, 5) is 3.86. The quantitative estimate of drug-likeness (QED) is 0.897. The minimum absolute atomic E-state index is 0.0432. The Morgan fingerprint density at radius 3 is 2.83 bits per heavy atom. The number of hydrogen-bond acceptors (Lipinski definition) is 5. The Bertz CT molecular complexity index is 540. The summed E-state index contributed by atoms with van der Waals surface area (Å²) in [5, 5.41) is -0.0432. The summed E-state index contributed by atoms with van der Waals surface area (Å²) < 4.78 is 30.1. The van der Waals surface area contributed by atoms with Crippen molar-refractivity contribution in [3.8, 4) is 0 Å². The van der Waals surface area contributed by atoms with Gasteiger partial charge >= 0.3 is 0 Å². The molecule has 1 fully saturated rings. The second kappa shape index (κ2) is 4.51. The van der Waals surface area contributed by atoms with E-state index in [2.05, 4.69) is 4.98 Å². The van der Waals surface area contributed by atoms with Crippen LogP contribution in [0.5, 0.6) is 0 Å². The Hall–Kier alpha value is -1.14. The Morgan fingerprint density at radius 1 is 1.56 bits per heavy atom. The molecule has 2 N–H and O–H groups in total. The molecule has 0 amide bonds. The minimum Gasteiger partial charge on any atom is -0.396 e. The first-order chi connectivity index (χ1) is 8.30. The molecule has 0 saturated carbocycles. The molecule has 1 aliphatic rings. The van der Waals surface area contributed by atoms with E-state index < -0.39 is 9.84 Å². The van der Waals surface area contributed by atoms with Gasteiger partial charge in [-0.05, 0) is 38.8 Å². The van der Waals surface area contributed by atoms with Crippen LogP contribution in [0.15, 0.2) is 23.4 Å². The zero-order valence-corrected chi connectivity index (χ0v) is 11.4. The third-order valence-electron chi connectivity index (χ3n) is 3.05. The van der Waals surface area contributed by atoms with Gasteiger partial charge in [-0.25, -0.2) is 13.4 Å². The van der Waals surface area contributed by atoms with E-state index in [-0.39, 0.29) is 28.2 Å². The number of aromatic nitrogens is 1. The molecule has 2 heterocycles. The largest absolute Gasteiger partial charge is 0.396 e. The maximum absolute atomic E-state index is 12.2. The monoisotopic (exact) mass is 270 g/mol. The number of sulfone groups is 1. The van der Waals surface area contributed by atoms with Crippen molar-refractivity contribution in [2.24, 2.45) is 0 Å². The lowest BCUT2D eigenvalue weighted by Crippen LogP contribution is -2.26. The predicted octanol–water partition coefficient (Wildman–Crippen LogP) is 1.40. The second-order valence-corrected chi connectivity index (χ2v) is 7.17. The first-order valence-corrected chi connectivity index (χ1v) is 7.56. The molecular formula is C12H18N2O3S. The number of ether oxygens (including phenoxy) is 1. The van der Waals surface area contributed by atoms with Crippen molar-refractivity contribution in [2.75, 3.05) is 11.5 Å². The minimum atomic E-state index is -3.49. The van der Waals surface area contributed by atoms with Gasteiger partial charge in [-0.2, -0.15) is 0 Å². The Balaban J connectivity index is 2.17. The molecule has 18 heavy (non-hydrogen) atoms. The second-order valence-electron chi connectivity index (χ2n) is 5.22. The first-order valence-electron chi connectivity index (χ1n) is 5.91. The fourth-order valence-electron chi connectivity index (χ4n) is 2.18. The topological polar surface area (TPSA) is 82.3 Å². The molecular weight excluding hydrogens is 252 g/mol. The van der Waals surface area contributed by atoms with Crippen molar-refractivity contribution in [3.63, 3.8) is 0 Å². The number of nitrogens with zero attached hydrogens (tertiary/aromatic N) is 1. The first kappa shape index (κ1) is 13.3. The predicted molar refractivity (Wildman–Crippen MR) is 68.9 cm³/mol. The van der Waals surface area contributed by atoms with Crippen LogP contribution in [0.3, 0.4) is 0 Å². The number of rotatable bonds is 3. The van der Waals surface area contributed by atoms with Gasteiger partial charge in [-0.1, -0.05) is 0 Å². The maximum Gasteiger partial charge on any atom is 0.200 e. The maximum atomic E-state index is 12.2. The van der Waals surface area contributed by atoms with Crippen LogP contribution in [0.1, 0.15) is 26.7 Å². The van der Waals surface area contributed by atoms with Crippen molar-refractivity contribution >= 4 is 15.5 Å². The lowest BCUT2D eigenvalue weighted by Gasteiger charge is -2.19. The molecule has 1 aliphatic heterocycles. The summed E-state index contributed by atoms with van der Waals surface area (Å²) in [5.41, 5.74) is 5.60. The highest BCUT2D eigenvalue weighted by Gasteiger charge is 2.35. The van der Waals surface area contributed by atoms with Crippen LogP contribution in [-0.2, 0) is 14.6 Å². The third-order valence-corrected chi connectivity index (χ3v) is 4.80. The summed E-state index contributed by atoms with van der Waals surface area (Å²) in [6, 6.07) is 3.16. The van der Waals surface area contributed by atoms with Crippen molar-refractivity contribution in [2.45, 2.75) is 43.4 Å². The molecule has 1 aromatic heterocycles. The summed E-state index contributed by atoms with van der Waals surface area (Å²) in [5.74, 6) is -0.0579.